The van der Waals surface area contributed by atoms with Crippen LogP contribution in [0, 0.1) is 0 Å². The van der Waals surface area contributed by atoms with E-state index in [0.717, 1.165) is 11.1 Å². The average molecular weight is 195 g/mol. The van der Waals surface area contributed by atoms with E-state index in [4.69, 9.17) is 0 Å². The van der Waals surface area contributed by atoms with Crippen molar-refractivity contribution in [2.24, 2.45) is 0 Å². The molecule has 1 aliphatic rings. The summed E-state index contributed by atoms with van der Waals surface area (Å²) in [6.45, 7) is 1.88. The number of allylic oxidation sites excluding steroid dienone is 1. The maximum absolute atomic E-state index is 11.5. The maximum Gasteiger partial charge on any atom is 0.262 e. The third-order valence-electron chi connectivity index (χ3n) is 2.03. The van der Waals surface area contributed by atoms with Crippen molar-refractivity contribution >= 4 is 15.6 Å². The van der Waals surface area contributed by atoms with Gasteiger partial charge >= 0.3 is 0 Å². The van der Waals surface area contributed by atoms with Gasteiger partial charge in [0.1, 0.15) is 0 Å². The molecule has 0 fully saturated rings. The monoisotopic (exact) mass is 195 g/mol. The molecule has 0 bridgehead atoms. The normalized spacial score (nSPS) is 18.4. The van der Waals surface area contributed by atoms with Crippen molar-refractivity contribution in [3.8, 4) is 0 Å². The minimum atomic E-state index is -3.30. The van der Waals surface area contributed by atoms with Crippen molar-refractivity contribution in [2.45, 2.75) is 11.8 Å². The lowest BCUT2D eigenvalue weighted by atomic mass is 10.1. The number of hydrogen-bond acceptors (Lipinski definition) is 2. The Morgan fingerprint density at radius 1 is 1.23 bits per heavy atom. The number of benzene rings is 1. The van der Waals surface area contributed by atoms with Gasteiger partial charge in [-0.2, -0.15) is 0 Å². The quantitative estimate of drug-likeness (QED) is 0.679. The fraction of sp³-hybridized carbons (Fsp3) is 0.111. The molecule has 0 saturated carbocycles. The minimum absolute atomic E-state index is 0.356. The minimum Gasteiger partial charge on any atom is -0.286 e. The van der Waals surface area contributed by atoms with Gasteiger partial charge in [0.2, 0.25) is 0 Å². The first-order valence-corrected chi connectivity index (χ1v) is 5.38. The Morgan fingerprint density at radius 2 is 1.92 bits per heavy atom. The molecule has 1 aliphatic heterocycles. The number of nitrogens with one attached hydrogen (secondary N) is 1. The zero-order valence-corrected chi connectivity index (χ0v) is 7.93. The predicted octanol–water partition coefficient (Wildman–Crippen LogP) is 1.34. The van der Waals surface area contributed by atoms with Crippen molar-refractivity contribution in [3.05, 3.63) is 36.0 Å². The molecule has 1 aromatic rings. The van der Waals surface area contributed by atoms with Gasteiger partial charge in [-0.25, -0.2) is 8.42 Å². The molecule has 4 heteroatoms. The van der Waals surface area contributed by atoms with Gasteiger partial charge in [0.25, 0.3) is 10.0 Å². The van der Waals surface area contributed by atoms with Crippen LogP contribution in [-0.4, -0.2) is 8.42 Å². The zero-order valence-electron chi connectivity index (χ0n) is 7.11. The van der Waals surface area contributed by atoms with Crippen LogP contribution in [0.15, 0.2) is 35.4 Å². The highest BCUT2D eigenvalue weighted by atomic mass is 32.2. The SMILES string of the molecule is CC1=CNS(=O)(=O)c2ccccc21. The molecule has 1 N–H and O–H groups in total. The molecule has 1 aromatic carbocycles. The number of hydrogen-bond donors (Lipinski definition) is 1. The van der Waals surface area contributed by atoms with Crippen molar-refractivity contribution in [2.75, 3.05) is 0 Å². The molecule has 0 aliphatic carbocycles. The molecule has 0 radical (unpaired) electrons. The van der Waals surface area contributed by atoms with Crippen LogP contribution in [0.25, 0.3) is 5.57 Å². The second kappa shape index (κ2) is 2.60. The van der Waals surface area contributed by atoms with E-state index < -0.39 is 10.0 Å². The van der Waals surface area contributed by atoms with E-state index in [2.05, 4.69) is 4.72 Å². The van der Waals surface area contributed by atoms with Crippen molar-refractivity contribution in [3.63, 3.8) is 0 Å². The Labute approximate surface area is 77.1 Å². The van der Waals surface area contributed by atoms with Gasteiger partial charge < -0.3 is 0 Å². The summed E-state index contributed by atoms with van der Waals surface area (Å²) in [6, 6.07) is 6.96. The Bertz CT molecular complexity index is 474. The summed E-state index contributed by atoms with van der Waals surface area (Å²) < 4.78 is 25.3. The molecule has 0 atom stereocenters. The molecular weight excluding hydrogens is 186 g/mol. The van der Waals surface area contributed by atoms with Crippen LogP contribution in [0.5, 0.6) is 0 Å². The molecule has 0 spiro atoms. The van der Waals surface area contributed by atoms with E-state index >= 15 is 0 Å². The summed E-state index contributed by atoms with van der Waals surface area (Å²) in [5.74, 6) is 0. The Kier molecular flexibility index (Phi) is 1.66. The molecule has 2 rings (SSSR count). The van der Waals surface area contributed by atoms with Crippen LogP contribution in [0.4, 0.5) is 0 Å². The molecule has 13 heavy (non-hydrogen) atoms. The largest absolute Gasteiger partial charge is 0.286 e. The van der Waals surface area contributed by atoms with E-state index in [0.29, 0.717) is 4.90 Å². The summed E-state index contributed by atoms with van der Waals surface area (Å²) in [5, 5.41) is 0. The van der Waals surface area contributed by atoms with Gasteiger partial charge in [0.05, 0.1) is 4.90 Å². The highest BCUT2D eigenvalue weighted by Crippen LogP contribution is 2.25. The topological polar surface area (TPSA) is 46.2 Å². The van der Waals surface area contributed by atoms with Gasteiger partial charge in [0.15, 0.2) is 0 Å². The number of rotatable bonds is 0. The highest BCUT2D eigenvalue weighted by molar-refractivity contribution is 7.89. The molecule has 3 nitrogen and oxygen atoms in total. The first-order chi connectivity index (χ1) is 6.11. The van der Waals surface area contributed by atoms with Crippen LogP contribution in [0.3, 0.4) is 0 Å². The summed E-state index contributed by atoms with van der Waals surface area (Å²) in [6.07, 6.45) is 1.51. The van der Waals surface area contributed by atoms with Crippen molar-refractivity contribution < 1.29 is 8.42 Å². The van der Waals surface area contributed by atoms with Gasteiger partial charge in [-0.1, -0.05) is 18.2 Å². The number of fused-ring (bicyclic) bond motifs is 1. The summed E-state index contributed by atoms with van der Waals surface area (Å²) in [5.41, 5.74) is 1.71. The summed E-state index contributed by atoms with van der Waals surface area (Å²) >= 11 is 0. The third kappa shape index (κ3) is 1.23. The second-order valence-corrected chi connectivity index (χ2v) is 4.63. The van der Waals surface area contributed by atoms with Crippen LogP contribution >= 0.6 is 0 Å². The third-order valence-corrected chi connectivity index (χ3v) is 3.40. The van der Waals surface area contributed by atoms with Crippen LogP contribution < -0.4 is 4.72 Å². The van der Waals surface area contributed by atoms with Crippen LogP contribution in [0.1, 0.15) is 12.5 Å². The molecule has 0 unspecified atom stereocenters. The fourth-order valence-electron chi connectivity index (χ4n) is 1.33. The zero-order chi connectivity index (χ0) is 9.47. The summed E-state index contributed by atoms with van der Waals surface area (Å²) in [4.78, 5) is 0.356. The summed E-state index contributed by atoms with van der Waals surface area (Å²) in [7, 11) is -3.30. The molecule has 0 saturated heterocycles. The van der Waals surface area contributed by atoms with Gasteiger partial charge in [0, 0.05) is 6.20 Å². The molecule has 0 amide bonds. The maximum atomic E-state index is 11.5. The van der Waals surface area contributed by atoms with E-state index in [1.807, 2.05) is 13.0 Å². The average Bonchev–Trinajstić information content (AvgIpc) is 2.13. The van der Waals surface area contributed by atoms with Gasteiger partial charge in [-0.05, 0) is 24.1 Å². The lowest BCUT2D eigenvalue weighted by Gasteiger charge is -2.15. The Hall–Kier alpha value is -1.29. The van der Waals surface area contributed by atoms with Crippen LogP contribution in [0.2, 0.25) is 0 Å². The number of sulfonamides is 1. The van der Waals surface area contributed by atoms with Crippen molar-refractivity contribution in [1.82, 2.24) is 4.72 Å². The lowest BCUT2D eigenvalue weighted by Crippen LogP contribution is -2.23. The molecular formula is C9H9NO2S. The lowest BCUT2D eigenvalue weighted by molar-refractivity contribution is 0.589. The fourth-order valence-corrected chi connectivity index (χ4v) is 2.57. The first-order valence-electron chi connectivity index (χ1n) is 3.90. The highest BCUT2D eigenvalue weighted by Gasteiger charge is 2.21. The van der Waals surface area contributed by atoms with Crippen molar-refractivity contribution in [1.29, 1.82) is 0 Å². The molecule has 1 heterocycles. The Morgan fingerprint density at radius 3 is 2.62 bits per heavy atom. The van der Waals surface area contributed by atoms with E-state index in [-0.39, 0.29) is 0 Å². The molecule has 0 aromatic heterocycles. The molecule has 68 valence electrons. The van der Waals surface area contributed by atoms with E-state index in [1.165, 1.54) is 6.20 Å². The standard InChI is InChI=1S/C9H9NO2S/c1-7-6-10-13(11,12)9-5-3-2-4-8(7)9/h2-6,10H,1H3. The smallest absolute Gasteiger partial charge is 0.262 e. The van der Waals surface area contributed by atoms with E-state index in [9.17, 15) is 8.42 Å². The van der Waals surface area contributed by atoms with Gasteiger partial charge in [-0.15, -0.1) is 0 Å². The van der Waals surface area contributed by atoms with Gasteiger partial charge in [-0.3, -0.25) is 4.72 Å². The van der Waals surface area contributed by atoms with Crippen LogP contribution in [-0.2, 0) is 10.0 Å². The predicted molar refractivity (Wildman–Crippen MR) is 50.4 cm³/mol. The Balaban J connectivity index is 2.79. The van der Waals surface area contributed by atoms with E-state index in [1.54, 1.807) is 18.2 Å². The first kappa shape index (κ1) is 8.31. The second-order valence-electron chi connectivity index (χ2n) is 2.94.